The van der Waals surface area contributed by atoms with Gasteiger partial charge < -0.3 is 14.3 Å². The highest BCUT2D eigenvalue weighted by Crippen LogP contribution is 2.21. The van der Waals surface area contributed by atoms with E-state index < -0.39 is 5.97 Å². The van der Waals surface area contributed by atoms with E-state index in [9.17, 15) is 4.79 Å². The summed E-state index contributed by atoms with van der Waals surface area (Å²) in [7, 11) is 0. The fraction of sp³-hybridized carbons (Fsp3) is 0.615. The number of ether oxygens (including phenoxy) is 1. The Bertz CT molecular complexity index is 361. The maximum Gasteiger partial charge on any atom is 0.372 e. The summed E-state index contributed by atoms with van der Waals surface area (Å²) in [6, 6.07) is 1.67. The van der Waals surface area contributed by atoms with Gasteiger partial charge in [-0.2, -0.15) is 0 Å². The number of furan rings is 1. The standard InChI is InChI=1S/C13H18O4/c14-13(15)12-10(7-8-16-12)9-17-11-5-3-1-2-4-6-11/h7-8,11H,1-6,9H2,(H,14,15). The number of rotatable bonds is 4. The molecule has 1 aromatic heterocycles. The minimum Gasteiger partial charge on any atom is -0.475 e. The lowest BCUT2D eigenvalue weighted by atomic mass is 10.1. The molecule has 1 aliphatic carbocycles. The van der Waals surface area contributed by atoms with Gasteiger partial charge in [-0.1, -0.05) is 25.7 Å². The van der Waals surface area contributed by atoms with Crippen molar-refractivity contribution >= 4 is 5.97 Å². The first-order valence-electron chi connectivity index (χ1n) is 6.18. The number of aromatic carboxylic acids is 1. The van der Waals surface area contributed by atoms with Gasteiger partial charge in [0.25, 0.3) is 0 Å². The molecule has 17 heavy (non-hydrogen) atoms. The molecule has 0 radical (unpaired) electrons. The molecular weight excluding hydrogens is 220 g/mol. The summed E-state index contributed by atoms with van der Waals surface area (Å²) in [4.78, 5) is 10.8. The molecule has 0 atom stereocenters. The minimum atomic E-state index is -1.03. The molecule has 1 heterocycles. The maximum absolute atomic E-state index is 10.8. The van der Waals surface area contributed by atoms with Crippen LogP contribution >= 0.6 is 0 Å². The first-order valence-corrected chi connectivity index (χ1v) is 6.18. The Labute approximate surface area is 101 Å². The van der Waals surface area contributed by atoms with E-state index in [1.54, 1.807) is 6.07 Å². The third kappa shape index (κ3) is 3.33. The Morgan fingerprint density at radius 3 is 2.71 bits per heavy atom. The van der Waals surface area contributed by atoms with Crippen molar-refractivity contribution in [2.75, 3.05) is 0 Å². The monoisotopic (exact) mass is 238 g/mol. The smallest absolute Gasteiger partial charge is 0.372 e. The van der Waals surface area contributed by atoms with Crippen LogP contribution in [0.1, 0.15) is 54.6 Å². The molecule has 4 heteroatoms. The summed E-state index contributed by atoms with van der Waals surface area (Å²) < 4.78 is 10.7. The van der Waals surface area contributed by atoms with Gasteiger partial charge in [0.2, 0.25) is 5.76 Å². The number of carbonyl (C=O) groups is 1. The first kappa shape index (κ1) is 12.2. The molecule has 1 saturated carbocycles. The summed E-state index contributed by atoms with van der Waals surface area (Å²) in [5.74, 6) is -1.03. The largest absolute Gasteiger partial charge is 0.475 e. The molecule has 0 aliphatic heterocycles. The second kappa shape index (κ2) is 5.87. The summed E-state index contributed by atoms with van der Waals surface area (Å²) in [6.07, 6.45) is 8.83. The van der Waals surface area contributed by atoms with Crippen molar-refractivity contribution in [3.05, 3.63) is 23.7 Å². The second-order valence-electron chi connectivity index (χ2n) is 4.50. The van der Waals surface area contributed by atoms with Crippen molar-refractivity contribution in [1.29, 1.82) is 0 Å². The molecule has 0 aromatic carbocycles. The molecule has 1 aromatic rings. The van der Waals surface area contributed by atoms with Crippen molar-refractivity contribution < 1.29 is 19.1 Å². The quantitative estimate of drug-likeness (QED) is 0.818. The van der Waals surface area contributed by atoms with Crippen molar-refractivity contribution in [1.82, 2.24) is 0 Å². The molecule has 0 bridgehead atoms. The van der Waals surface area contributed by atoms with E-state index in [1.807, 2.05) is 0 Å². The molecule has 1 aliphatic rings. The fourth-order valence-corrected chi connectivity index (χ4v) is 2.25. The number of carboxylic acids is 1. The van der Waals surface area contributed by atoms with Gasteiger partial charge in [0.1, 0.15) is 0 Å². The average Bonchev–Trinajstić information content (AvgIpc) is 2.63. The highest BCUT2D eigenvalue weighted by atomic mass is 16.5. The van der Waals surface area contributed by atoms with E-state index in [-0.39, 0.29) is 11.9 Å². The number of hydrogen-bond donors (Lipinski definition) is 1. The van der Waals surface area contributed by atoms with Crippen molar-refractivity contribution in [2.24, 2.45) is 0 Å². The Morgan fingerprint density at radius 2 is 2.06 bits per heavy atom. The minimum absolute atomic E-state index is 0.00128. The van der Waals surface area contributed by atoms with E-state index in [4.69, 9.17) is 14.3 Å². The Kier molecular flexibility index (Phi) is 4.20. The maximum atomic E-state index is 10.8. The van der Waals surface area contributed by atoms with Crippen LogP contribution in [0.2, 0.25) is 0 Å². The molecule has 0 amide bonds. The van der Waals surface area contributed by atoms with Crippen molar-refractivity contribution in [2.45, 2.75) is 51.2 Å². The molecule has 0 unspecified atom stereocenters. The van der Waals surface area contributed by atoms with Crippen LogP contribution in [-0.4, -0.2) is 17.2 Å². The van der Waals surface area contributed by atoms with Crippen LogP contribution in [0.15, 0.2) is 16.7 Å². The third-order valence-corrected chi connectivity index (χ3v) is 3.22. The van der Waals surface area contributed by atoms with Gasteiger partial charge in [-0.25, -0.2) is 4.79 Å². The predicted octanol–water partition coefficient (Wildman–Crippen LogP) is 3.22. The van der Waals surface area contributed by atoms with E-state index in [0.717, 1.165) is 12.8 Å². The number of hydrogen-bond acceptors (Lipinski definition) is 3. The van der Waals surface area contributed by atoms with Gasteiger partial charge in [-0.05, 0) is 18.9 Å². The molecule has 1 N–H and O–H groups in total. The van der Waals surface area contributed by atoms with Gasteiger partial charge in [0.05, 0.1) is 19.0 Å². The third-order valence-electron chi connectivity index (χ3n) is 3.22. The van der Waals surface area contributed by atoms with Crippen LogP contribution in [-0.2, 0) is 11.3 Å². The Morgan fingerprint density at radius 1 is 1.35 bits per heavy atom. The summed E-state index contributed by atoms with van der Waals surface area (Å²) in [5, 5.41) is 8.89. The Balaban J connectivity index is 1.88. The lowest BCUT2D eigenvalue weighted by Gasteiger charge is -2.14. The highest BCUT2D eigenvalue weighted by molar-refractivity contribution is 5.85. The molecule has 2 rings (SSSR count). The zero-order chi connectivity index (χ0) is 12.1. The van der Waals surface area contributed by atoms with Crippen LogP contribution in [0, 0.1) is 0 Å². The molecule has 4 nitrogen and oxygen atoms in total. The van der Waals surface area contributed by atoms with E-state index in [2.05, 4.69) is 0 Å². The fourth-order valence-electron chi connectivity index (χ4n) is 2.25. The highest BCUT2D eigenvalue weighted by Gasteiger charge is 2.17. The van der Waals surface area contributed by atoms with E-state index in [0.29, 0.717) is 12.2 Å². The van der Waals surface area contributed by atoms with Crippen LogP contribution in [0.4, 0.5) is 0 Å². The van der Waals surface area contributed by atoms with Gasteiger partial charge in [0, 0.05) is 5.56 Å². The normalized spacial score (nSPS) is 17.9. The lowest BCUT2D eigenvalue weighted by Crippen LogP contribution is -2.12. The topological polar surface area (TPSA) is 59.7 Å². The zero-order valence-corrected chi connectivity index (χ0v) is 9.85. The molecule has 1 fully saturated rings. The average molecular weight is 238 g/mol. The summed E-state index contributed by atoms with van der Waals surface area (Å²) in [6.45, 7) is 0.336. The van der Waals surface area contributed by atoms with Crippen LogP contribution in [0.25, 0.3) is 0 Å². The van der Waals surface area contributed by atoms with Crippen LogP contribution < -0.4 is 0 Å². The first-order chi connectivity index (χ1) is 8.27. The van der Waals surface area contributed by atoms with Crippen molar-refractivity contribution in [3.63, 3.8) is 0 Å². The van der Waals surface area contributed by atoms with Gasteiger partial charge in [0.15, 0.2) is 0 Å². The van der Waals surface area contributed by atoms with E-state index >= 15 is 0 Å². The molecule has 0 spiro atoms. The predicted molar refractivity (Wildman–Crippen MR) is 61.9 cm³/mol. The van der Waals surface area contributed by atoms with Gasteiger partial charge in [-0.3, -0.25) is 0 Å². The van der Waals surface area contributed by atoms with Gasteiger partial charge >= 0.3 is 5.97 Å². The zero-order valence-electron chi connectivity index (χ0n) is 9.85. The van der Waals surface area contributed by atoms with Crippen molar-refractivity contribution in [3.8, 4) is 0 Å². The molecule has 94 valence electrons. The number of carboxylic acid groups (broad SMARTS) is 1. The molecule has 0 saturated heterocycles. The summed E-state index contributed by atoms with van der Waals surface area (Å²) in [5.41, 5.74) is 0.627. The second-order valence-corrected chi connectivity index (χ2v) is 4.50. The lowest BCUT2D eigenvalue weighted by molar-refractivity contribution is 0.0293. The Hall–Kier alpha value is -1.29. The SMILES string of the molecule is O=C(O)c1occc1COC1CCCCCC1. The van der Waals surface area contributed by atoms with Crippen LogP contribution in [0.5, 0.6) is 0 Å². The van der Waals surface area contributed by atoms with Crippen LogP contribution in [0.3, 0.4) is 0 Å². The van der Waals surface area contributed by atoms with Gasteiger partial charge in [-0.15, -0.1) is 0 Å². The van der Waals surface area contributed by atoms with E-state index in [1.165, 1.54) is 31.9 Å². The summed E-state index contributed by atoms with van der Waals surface area (Å²) >= 11 is 0. The molecular formula is C13H18O4.